The lowest BCUT2D eigenvalue weighted by Crippen LogP contribution is -2.51. The first-order chi connectivity index (χ1) is 16.8. The van der Waals surface area contributed by atoms with Crippen molar-refractivity contribution in [2.24, 2.45) is 11.8 Å². The fourth-order valence-corrected chi connectivity index (χ4v) is 4.97. The van der Waals surface area contributed by atoms with Gasteiger partial charge >= 0.3 is 6.09 Å². The van der Waals surface area contributed by atoms with Crippen LogP contribution in [0.5, 0.6) is 0 Å². The molecule has 2 aliphatic rings. The number of rotatable bonds is 7. The largest absolute Gasteiger partial charge is 0.448 e. The van der Waals surface area contributed by atoms with Crippen molar-refractivity contribution in [1.29, 1.82) is 0 Å². The van der Waals surface area contributed by atoms with Crippen LogP contribution in [0.4, 0.5) is 16.3 Å². The lowest BCUT2D eigenvalue weighted by atomic mass is 9.79. The Hall–Kier alpha value is -3.62. The minimum Gasteiger partial charge on any atom is -0.448 e. The highest BCUT2D eigenvalue weighted by Gasteiger charge is 2.47. The molecule has 1 saturated carbocycles. The second-order valence-corrected chi connectivity index (χ2v) is 9.28. The first-order valence-corrected chi connectivity index (χ1v) is 12.1. The van der Waals surface area contributed by atoms with Crippen molar-refractivity contribution in [3.8, 4) is 0 Å². The van der Waals surface area contributed by atoms with Gasteiger partial charge in [-0.05, 0) is 61.6 Å². The number of carbonyl (C=O) groups is 3. The molecule has 3 N–H and O–H groups in total. The summed E-state index contributed by atoms with van der Waals surface area (Å²) in [5.74, 6) is 1.08. The van der Waals surface area contributed by atoms with E-state index in [0.717, 1.165) is 35.6 Å². The van der Waals surface area contributed by atoms with Crippen LogP contribution in [0, 0.1) is 18.8 Å². The summed E-state index contributed by atoms with van der Waals surface area (Å²) >= 11 is 0. The number of alkyl carbamates (subject to hydrolysis) is 1. The third kappa shape index (κ3) is 5.39. The second-order valence-electron chi connectivity index (χ2n) is 9.28. The Morgan fingerprint density at radius 2 is 1.94 bits per heavy atom. The summed E-state index contributed by atoms with van der Waals surface area (Å²) in [6, 6.07) is 11.3. The predicted octanol–water partition coefficient (Wildman–Crippen LogP) is 3.41. The molecule has 0 radical (unpaired) electrons. The van der Waals surface area contributed by atoms with E-state index in [1.54, 1.807) is 13.0 Å². The number of hydrogen-bond acceptors (Lipinski definition) is 6. The number of pyridine rings is 1. The van der Waals surface area contributed by atoms with Crippen molar-refractivity contribution < 1.29 is 19.1 Å². The van der Waals surface area contributed by atoms with Crippen LogP contribution < -0.4 is 20.9 Å². The second kappa shape index (κ2) is 10.3. The van der Waals surface area contributed by atoms with E-state index >= 15 is 0 Å². The van der Waals surface area contributed by atoms with Gasteiger partial charge in [-0.15, -0.1) is 0 Å². The van der Waals surface area contributed by atoms with Crippen molar-refractivity contribution in [3.63, 3.8) is 0 Å². The molecule has 35 heavy (non-hydrogen) atoms. The molecule has 9 nitrogen and oxygen atoms in total. The Balaban J connectivity index is 1.64. The molecule has 1 aliphatic heterocycles. The summed E-state index contributed by atoms with van der Waals surface area (Å²) in [4.78, 5) is 43.4. The zero-order valence-corrected chi connectivity index (χ0v) is 20.6. The SMILES string of the molecule is CNC(=O)OCCNC(=O)c1ccc2c(c1)[C@H](Nc1cccc(C)n1)[C@@H](C)[C@H](C1CC1)N2C(C)=O. The number of ether oxygens (including phenoxy) is 1. The lowest BCUT2D eigenvalue weighted by Gasteiger charge is -2.46. The van der Waals surface area contributed by atoms with Gasteiger partial charge in [-0.1, -0.05) is 13.0 Å². The molecular weight excluding hydrogens is 446 g/mol. The topological polar surface area (TPSA) is 113 Å². The van der Waals surface area contributed by atoms with Crippen molar-refractivity contribution in [1.82, 2.24) is 15.6 Å². The van der Waals surface area contributed by atoms with Gasteiger partial charge in [-0.3, -0.25) is 9.59 Å². The lowest BCUT2D eigenvalue weighted by molar-refractivity contribution is -0.117. The van der Waals surface area contributed by atoms with E-state index in [2.05, 4.69) is 27.9 Å². The molecule has 2 heterocycles. The minimum absolute atomic E-state index is 0.00526. The Labute approximate surface area is 205 Å². The van der Waals surface area contributed by atoms with Crippen LogP contribution in [0.3, 0.4) is 0 Å². The highest BCUT2D eigenvalue weighted by Crippen LogP contribution is 2.50. The van der Waals surface area contributed by atoms with Crippen LogP contribution >= 0.6 is 0 Å². The number of aryl methyl sites for hydroxylation is 1. The van der Waals surface area contributed by atoms with Gasteiger partial charge in [0.15, 0.2) is 0 Å². The Morgan fingerprint density at radius 3 is 2.60 bits per heavy atom. The van der Waals surface area contributed by atoms with E-state index in [0.29, 0.717) is 11.5 Å². The predicted molar refractivity (Wildman–Crippen MR) is 133 cm³/mol. The summed E-state index contributed by atoms with van der Waals surface area (Å²) < 4.78 is 4.93. The van der Waals surface area contributed by atoms with Crippen LogP contribution in [0.2, 0.25) is 0 Å². The highest BCUT2D eigenvalue weighted by molar-refractivity contribution is 5.98. The molecule has 0 bridgehead atoms. The van der Waals surface area contributed by atoms with Crippen molar-refractivity contribution in [2.45, 2.75) is 45.7 Å². The molecule has 2 aromatic rings. The Bertz CT molecular complexity index is 1120. The van der Waals surface area contributed by atoms with Gasteiger partial charge < -0.3 is 25.6 Å². The average Bonchev–Trinajstić information content (AvgIpc) is 3.67. The van der Waals surface area contributed by atoms with E-state index < -0.39 is 6.09 Å². The number of aromatic nitrogens is 1. The van der Waals surface area contributed by atoms with Crippen LogP contribution in [0.15, 0.2) is 36.4 Å². The van der Waals surface area contributed by atoms with Gasteiger partial charge in [0, 0.05) is 42.9 Å². The molecule has 0 saturated heterocycles. The number of fused-ring (bicyclic) bond motifs is 1. The summed E-state index contributed by atoms with van der Waals surface area (Å²) in [6.45, 7) is 5.98. The van der Waals surface area contributed by atoms with Gasteiger partial charge in [0.05, 0.1) is 12.6 Å². The molecule has 1 aliphatic carbocycles. The molecule has 0 spiro atoms. The maximum Gasteiger partial charge on any atom is 0.406 e. The molecular formula is C26H33N5O4. The summed E-state index contributed by atoms with van der Waals surface area (Å²) in [5.41, 5.74) is 3.11. The van der Waals surface area contributed by atoms with E-state index in [4.69, 9.17) is 4.74 Å². The fourth-order valence-electron chi connectivity index (χ4n) is 4.97. The summed E-state index contributed by atoms with van der Waals surface area (Å²) in [5, 5.41) is 8.74. The molecule has 1 fully saturated rings. The Kier molecular flexibility index (Phi) is 7.23. The van der Waals surface area contributed by atoms with E-state index in [1.165, 1.54) is 7.05 Å². The maximum absolute atomic E-state index is 12.9. The van der Waals surface area contributed by atoms with Crippen LogP contribution in [0.1, 0.15) is 54.3 Å². The maximum atomic E-state index is 12.9. The van der Waals surface area contributed by atoms with Gasteiger partial charge in [-0.2, -0.15) is 0 Å². The number of amides is 3. The van der Waals surface area contributed by atoms with E-state index in [-0.39, 0.29) is 43.0 Å². The molecule has 186 valence electrons. The highest BCUT2D eigenvalue weighted by atomic mass is 16.5. The zero-order valence-electron chi connectivity index (χ0n) is 20.6. The van der Waals surface area contributed by atoms with Crippen molar-refractivity contribution in [2.75, 3.05) is 30.4 Å². The van der Waals surface area contributed by atoms with E-state index in [1.807, 2.05) is 42.2 Å². The molecule has 9 heteroatoms. The average molecular weight is 480 g/mol. The number of nitrogens with one attached hydrogen (secondary N) is 3. The fraction of sp³-hybridized carbons (Fsp3) is 0.462. The smallest absolute Gasteiger partial charge is 0.406 e. The monoisotopic (exact) mass is 479 g/mol. The Morgan fingerprint density at radius 1 is 1.17 bits per heavy atom. The number of benzene rings is 1. The number of carbonyl (C=O) groups excluding carboxylic acids is 3. The molecule has 3 amide bonds. The summed E-state index contributed by atoms with van der Waals surface area (Å²) in [7, 11) is 1.48. The quantitative estimate of drug-likeness (QED) is 0.525. The molecule has 1 aromatic carbocycles. The number of anilines is 2. The van der Waals surface area contributed by atoms with Crippen LogP contribution in [-0.2, 0) is 9.53 Å². The van der Waals surface area contributed by atoms with Crippen LogP contribution in [0.25, 0.3) is 0 Å². The zero-order chi connectivity index (χ0) is 25.1. The molecule has 3 atom stereocenters. The number of hydrogen-bond donors (Lipinski definition) is 3. The minimum atomic E-state index is -0.546. The first-order valence-electron chi connectivity index (χ1n) is 12.1. The van der Waals surface area contributed by atoms with Crippen molar-refractivity contribution in [3.05, 3.63) is 53.2 Å². The molecule has 4 rings (SSSR count). The summed E-state index contributed by atoms with van der Waals surface area (Å²) in [6.07, 6.45) is 1.68. The van der Waals surface area contributed by atoms with Crippen molar-refractivity contribution >= 4 is 29.4 Å². The standard InChI is InChI=1S/C26H33N5O4/c1-15-6-5-7-22(29-15)30-23-16(2)24(18-8-9-18)31(17(3)32)21-11-10-19(14-20(21)23)25(33)28-12-13-35-26(34)27-4/h5-7,10-11,14,16,18,23-24H,8-9,12-13H2,1-4H3,(H,27,34)(H,28,33)(H,29,30)/t16-,23-,24-/m1/s1. The normalized spacial score (nSPS) is 21.0. The number of nitrogens with zero attached hydrogens (tertiary/aromatic N) is 2. The van der Waals surface area contributed by atoms with Gasteiger partial charge in [0.1, 0.15) is 12.4 Å². The van der Waals surface area contributed by atoms with Gasteiger partial charge in [0.2, 0.25) is 5.91 Å². The van der Waals surface area contributed by atoms with E-state index in [9.17, 15) is 14.4 Å². The van der Waals surface area contributed by atoms with Gasteiger partial charge in [0.25, 0.3) is 5.91 Å². The first kappa shape index (κ1) is 24.5. The van der Waals surface area contributed by atoms with Gasteiger partial charge in [-0.25, -0.2) is 9.78 Å². The third-order valence-corrected chi connectivity index (χ3v) is 6.71. The molecule has 1 aromatic heterocycles. The molecule has 0 unspecified atom stereocenters. The third-order valence-electron chi connectivity index (χ3n) is 6.71. The van der Waals surface area contributed by atoms with Crippen LogP contribution in [-0.4, -0.2) is 49.1 Å².